The second-order valence-electron chi connectivity index (χ2n) is 5.38. The van der Waals surface area contributed by atoms with E-state index in [1.165, 1.54) is 5.56 Å². The highest BCUT2D eigenvalue weighted by Gasteiger charge is 2.11. The van der Waals surface area contributed by atoms with E-state index in [4.69, 9.17) is 0 Å². The lowest BCUT2D eigenvalue weighted by Gasteiger charge is -2.20. The average molecular weight is 319 g/mol. The van der Waals surface area contributed by atoms with Gasteiger partial charge in [-0.05, 0) is 31.0 Å². The number of benzene rings is 2. The molecule has 3 aromatic rings. The van der Waals surface area contributed by atoms with Crippen LogP contribution in [0, 0.1) is 0 Å². The van der Waals surface area contributed by atoms with Crippen molar-refractivity contribution >= 4 is 17.5 Å². The largest absolute Gasteiger partial charge is 0.368 e. The van der Waals surface area contributed by atoms with Crippen molar-refractivity contribution in [2.24, 2.45) is 0 Å². The minimum atomic E-state index is 0.605. The van der Waals surface area contributed by atoms with Crippen molar-refractivity contribution < 1.29 is 0 Å². The lowest BCUT2D eigenvalue weighted by molar-refractivity contribution is 0.878. The molecule has 24 heavy (non-hydrogen) atoms. The highest BCUT2D eigenvalue weighted by Crippen LogP contribution is 2.21. The smallest absolute Gasteiger partial charge is 0.251 e. The molecule has 0 unspecified atom stereocenters. The Morgan fingerprint density at radius 2 is 1.67 bits per heavy atom. The fraction of sp³-hybridized carbons (Fsp3) is 0.211. The number of para-hydroxylation sites is 1. The van der Waals surface area contributed by atoms with E-state index in [-0.39, 0.29) is 0 Å². The molecule has 0 atom stereocenters. The minimum absolute atomic E-state index is 0.605. The van der Waals surface area contributed by atoms with Crippen LogP contribution in [0.5, 0.6) is 0 Å². The van der Waals surface area contributed by atoms with Crippen molar-refractivity contribution in [1.82, 2.24) is 15.2 Å². The normalized spacial score (nSPS) is 10.4. The Morgan fingerprint density at radius 1 is 0.958 bits per heavy atom. The molecule has 0 aliphatic carbocycles. The molecule has 1 aromatic heterocycles. The zero-order chi connectivity index (χ0) is 16.6. The summed E-state index contributed by atoms with van der Waals surface area (Å²) in [5.41, 5.74) is 2.36. The summed E-state index contributed by atoms with van der Waals surface area (Å²) in [5.74, 6) is 1.35. The summed E-state index contributed by atoms with van der Waals surface area (Å²) in [5, 5.41) is 11.6. The Bertz CT molecular complexity index is 746. The van der Waals surface area contributed by atoms with Gasteiger partial charge in [-0.1, -0.05) is 48.5 Å². The monoisotopic (exact) mass is 319 g/mol. The molecular formula is C19H21N5. The second kappa shape index (κ2) is 8.06. The van der Waals surface area contributed by atoms with Crippen molar-refractivity contribution in [2.45, 2.75) is 13.3 Å². The zero-order valence-electron chi connectivity index (χ0n) is 13.8. The molecule has 5 heteroatoms. The third kappa shape index (κ3) is 4.07. The van der Waals surface area contributed by atoms with Gasteiger partial charge in [-0.25, -0.2) is 0 Å². The Balaban J connectivity index is 1.67. The van der Waals surface area contributed by atoms with E-state index >= 15 is 0 Å². The first-order valence-electron chi connectivity index (χ1n) is 8.17. The average Bonchev–Trinajstić information content (AvgIpc) is 2.65. The first kappa shape index (κ1) is 15.9. The summed E-state index contributed by atoms with van der Waals surface area (Å²) in [4.78, 5) is 6.63. The molecule has 0 radical (unpaired) electrons. The lowest BCUT2D eigenvalue weighted by atomic mass is 10.1. The van der Waals surface area contributed by atoms with Gasteiger partial charge in [0.25, 0.3) is 5.95 Å². The number of aromatic nitrogens is 3. The molecule has 1 heterocycles. The van der Waals surface area contributed by atoms with E-state index in [1.54, 1.807) is 6.20 Å². The highest BCUT2D eigenvalue weighted by molar-refractivity contribution is 5.57. The number of hydrogen-bond acceptors (Lipinski definition) is 5. The van der Waals surface area contributed by atoms with E-state index in [2.05, 4.69) is 51.7 Å². The summed E-state index contributed by atoms with van der Waals surface area (Å²) >= 11 is 0. The predicted octanol–water partition coefficient (Wildman–Crippen LogP) is 3.68. The summed E-state index contributed by atoms with van der Waals surface area (Å²) < 4.78 is 0. The number of hydrogen-bond donors (Lipinski definition) is 1. The molecule has 0 amide bonds. The van der Waals surface area contributed by atoms with Gasteiger partial charge < -0.3 is 10.2 Å². The van der Waals surface area contributed by atoms with Crippen molar-refractivity contribution in [3.8, 4) is 0 Å². The standard InChI is InChI=1S/C19H21N5/c1-2-24(17-11-7-4-8-12-17)19-22-18(15-21-23-19)20-14-13-16-9-5-3-6-10-16/h3-12,15H,2,13-14H2,1H3,(H,20,22,23). The van der Waals surface area contributed by atoms with Gasteiger partial charge >= 0.3 is 0 Å². The van der Waals surface area contributed by atoms with Crippen LogP contribution in [0.1, 0.15) is 12.5 Å². The fourth-order valence-electron chi connectivity index (χ4n) is 2.52. The van der Waals surface area contributed by atoms with E-state index in [9.17, 15) is 0 Å². The Labute approximate surface area is 142 Å². The van der Waals surface area contributed by atoms with E-state index in [0.29, 0.717) is 5.95 Å². The van der Waals surface area contributed by atoms with Gasteiger partial charge in [0.1, 0.15) is 0 Å². The van der Waals surface area contributed by atoms with Crippen molar-refractivity contribution in [2.75, 3.05) is 23.3 Å². The molecule has 0 aliphatic heterocycles. The number of nitrogens with one attached hydrogen (secondary N) is 1. The summed E-state index contributed by atoms with van der Waals surface area (Å²) in [6.07, 6.45) is 2.60. The molecule has 0 saturated carbocycles. The molecule has 122 valence electrons. The molecule has 0 spiro atoms. The van der Waals surface area contributed by atoms with Gasteiger partial charge in [-0.15, -0.1) is 5.10 Å². The maximum Gasteiger partial charge on any atom is 0.251 e. The molecule has 5 nitrogen and oxygen atoms in total. The minimum Gasteiger partial charge on any atom is -0.368 e. The van der Waals surface area contributed by atoms with Crippen molar-refractivity contribution in [1.29, 1.82) is 0 Å². The summed E-state index contributed by atoms with van der Waals surface area (Å²) in [7, 11) is 0. The predicted molar refractivity (Wildman–Crippen MR) is 97.6 cm³/mol. The number of anilines is 3. The van der Waals surface area contributed by atoms with Crippen LogP contribution in [0.4, 0.5) is 17.5 Å². The van der Waals surface area contributed by atoms with Gasteiger partial charge in [-0.2, -0.15) is 10.1 Å². The first-order chi connectivity index (χ1) is 11.9. The van der Waals surface area contributed by atoms with Gasteiger partial charge in [0.2, 0.25) is 0 Å². The van der Waals surface area contributed by atoms with Crippen LogP contribution in [-0.2, 0) is 6.42 Å². The van der Waals surface area contributed by atoms with Crippen LogP contribution >= 0.6 is 0 Å². The van der Waals surface area contributed by atoms with Gasteiger partial charge in [0, 0.05) is 18.8 Å². The topological polar surface area (TPSA) is 53.9 Å². The van der Waals surface area contributed by atoms with Crippen LogP contribution in [0.25, 0.3) is 0 Å². The van der Waals surface area contributed by atoms with Gasteiger partial charge in [0.15, 0.2) is 5.82 Å². The van der Waals surface area contributed by atoms with E-state index in [0.717, 1.165) is 31.0 Å². The van der Waals surface area contributed by atoms with E-state index in [1.807, 2.05) is 41.3 Å². The lowest BCUT2D eigenvalue weighted by Crippen LogP contribution is -2.20. The maximum absolute atomic E-state index is 4.59. The maximum atomic E-state index is 4.59. The van der Waals surface area contributed by atoms with Crippen LogP contribution < -0.4 is 10.2 Å². The molecule has 0 bridgehead atoms. The molecule has 0 saturated heterocycles. The van der Waals surface area contributed by atoms with Crippen LogP contribution in [0.15, 0.2) is 66.9 Å². The fourth-order valence-corrected chi connectivity index (χ4v) is 2.52. The first-order valence-corrected chi connectivity index (χ1v) is 8.17. The molecule has 3 rings (SSSR count). The summed E-state index contributed by atoms with van der Waals surface area (Å²) in [6.45, 7) is 3.66. The number of nitrogens with zero attached hydrogens (tertiary/aromatic N) is 4. The van der Waals surface area contributed by atoms with Crippen LogP contribution in [0.3, 0.4) is 0 Å². The van der Waals surface area contributed by atoms with Gasteiger partial charge in [0.05, 0.1) is 6.20 Å². The molecule has 0 aliphatic rings. The summed E-state index contributed by atoms with van der Waals surface area (Å²) in [6, 6.07) is 20.5. The Morgan fingerprint density at radius 3 is 2.38 bits per heavy atom. The van der Waals surface area contributed by atoms with Crippen molar-refractivity contribution in [3.05, 3.63) is 72.4 Å². The molecule has 0 fully saturated rings. The van der Waals surface area contributed by atoms with Crippen LogP contribution in [0.2, 0.25) is 0 Å². The third-order valence-corrected chi connectivity index (χ3v) is 3.74. The molecule has 2 aromatic carbocycles. The SMILES string of the molecule is CCN(c1ccccc1)c1nncc(NCCc2ccccc2)n1. The highest BCUT2D eigenvalue weighted by atomic mass is 15.3. The van der Waals surface area contributed by atoms with Crippen LogP contribution in [-0.4, -0.2) is 28.3 Å². The van der Waals surface area contributed by atoms with E-state index < -0.39 is 0 Å². The Hall–Kier alpha value is -2.95. The van der Waals surface area contributed by atoms with Gasteiger partial charge in [-0.3, -0.25) is 0 Å². The third-order valence-electron chi connectivity index (χ3n) is 3.74. The van der Waals surface area contributed by atoms with Crippen molar-refractivity contribution in [3.63, 3.8) is 0 Å². The quantitative estimate of drug-likeness (QED) is 0.720. The second-order valence-corrected chi connectivity index (χ2v) is 5.38. The Kier molecular flexibility index (Phi) is 5.35. The number of rotatable bonds is 7. The molecule has 1 N–H and O–H groups in total. The molecular weight excluding hydrogens is 298 g/mol. The zero-order valence-corrected chi connectivity index (χ0v) is 13.8.